The molecule has 2 N–H and O–H groups in total. The van der Waals surface area contributed by atoms with Crippen molar-refractivity contribution in [3.63, 3.8) is 0 Å². The maximum absolute atomic E-state index is 11.8. The molecule has 0 amide bonds. The lowest BCUT2D eigenvalue weighted by Gasteiger charge is -2.09. The fraction of sp³-hybridized carbons (Fsp3) is 0.444. The summed E-state index contributed by atoms with van der Waals surface area (Å²) in [5.74, 6) is -1.20. The van der Waals surface area contributed by atoms with Gasteiger partial charge in [0.25, 0.3) is 10.0 Å². The molecular formula is C9H13NO4S2. The number of nitrogens with one attached hydrogen (secondary N) is 1. The summed E-state index contributed by atoms with van der Waals surface area (Å²) in [5, 5.41) is 8.64. The lowest BCUT2D eigenvalue weighted by Crippen LogP contribution is -2.38. The van der Waals surface area contributed by atoms with Crippen LogP contribution in [-0.2, 0) is 14.8 Å². The molecule has 1 atom stereocenters. The summed E-state index contributed by atoms with van der Waals surface area (Å²) in [6.07, 6.45) is 0. The molecule has 0 aromatic carbocycles. The predicted octanol–water partition coefficient (Wildman–Crippen LogP) is 1.12. The summed E-state index contributed by atoms with van der Waals surface area (Å²) in [7, 11) is -3.73. The lowest BCUT2D eigenvalue weighted by molar-refractivity contribution is -0.138. The Bertz CT molecular complexity index is 504. The Morgan fingerprint density at radius 1 is 1.50 bits per heavy atom. The predicted molar refractivity (Wildman–Crippen MR) is 61.2 cm³/mol. The molecule has 16 heavy (non-hydrogen) atoms. The topological polar surface area (TPSA) is 83.5 Å². The van der Waals surface area contributed by atoms with E-state index in [9.17, 15) is 13.2 Å². The van der Waals surface area contributed by atoms with Gasteiger partial charge in [-0.05, 0) is 32.4 Å². The summed E-state index contributed by atoms with van der Waals surface area (Å²) in [5.41, 5.74) is 0.632. The Hall–Kier alpha value is -0.920. The number of thiophene rings is 1. The molecule has 0 saturated heterocycles. The number of sulfonamides is 1. The van der Waals surface area contributed by atoms with Crippen molar-refractivity contribution in [3.8, 4) is 0 Å². The van der Waals surface area contributed by atoms with Crippen molar-refractivity contribution in [2.45, 2.75) is 31.0 Å². The molecule has 1 aromatic rings. The van der Waals surface area contributed by atoms with E-state index in [2.05, 4.69) is 4.72 Å². The van der Waals surface area contributed by atoms with Gasteiger partial charge >= 0.3 is 5.97 Å². The third-order valence-electron chi connectivity index (χ3n) is 1.94. The fourth-order valence-corrected chi connectivity index (χ4v) is 4.11. The van der Waals surface area contributed by atoms with Crippen LogP contribution in [0.2, 0.25) is 0 Å². The highest BCUT2D eigenvalue weighted by Crippen LogP contribution is 2.25. The van der Waals surface area contributed by atoms with E-state index in [0.29, 0.717) is 5.56 Å². The van der Waals surface area contributed by atoms with Crippen LogP contribution in [0.4, 0.5) is 0 Å². The summed E-state index contributed by atoms with van der Waals surface area (Å²) in [4.78, 5) is 11.5. The molecule has 1 unspecified atom stereocenters. The molecule has 1 rings (SSSR count). The van der Waals surface area contributed by atoms with Crippen LogP contribution < -0.4 is 4.72 Å². The Labute approximate surface area is 98.2 Å². The van der Waals surface area contributed by atoms with Crippen molar-refractivity contribution in [2.75, 3.05) is 0 Å². The van der Waals surface area contributed by atoms with Crippen LogP contribution in [0.5, 0.6) is 0 Å². The largest absolute Gasteiger partial charge is 0.480 e. The molecule has 0 radical (unpaired) electrons. The summed E-state index contributed by atoms with van der Waals surface area (Å²) in [6, 6.07) is 0.622. The van der Waals surface area contributed by atoms with Crippen LogP contribution in [0.25, 0.3) is 0 Å². The van der Waals surface area contributed by atoms with Crippen LogP contribution in [0.1, 0.15) is 17.4 Å². The standard InChI is InChI=1S/C9H13NO4S2/c1-5-4-6(2)15-9(5)16(13,14)10-7(3)8(11)12/h4,7,10H,1-3H3,(H,11,12). The fourth-order valence-electron chi connectivity index (χ4n) is 1.22. The number of rotatable bonds is 4. The Morgan fingerprint density at radius 2 is 2.06 bits per heavy atom. The minimum atomic E-state index is -3.73. The smallest absolute Gasteiger partial charge is 0.321 e. The van der Waals surface area contributed by atoms with Crippen LogP contribution in [0.3, 0.4) is 0 Å². The first kappa shape index (κ1) is 13.1. The highest BCUT2D eigenvalue weighted by molar-refractivity contribution is 7.91. The monoisotopic (exact) mass is 263 g/mol. The van der Waals surface area contributed by atoms with Crippen molar-refractivity contribution in [1.29, 1.82) is 0 Å². The van der Waals surface area contributed by atoms with E-state index in [1.165, 1.54) is 6.92 Å². The molecule has 0 aliphatic carbocycles. The van der Waals surface area contributed by atoms with Gasteiger partial charge in [-0.3, -0.25) is 4.79 Å². The average molecular weight is 263 g/mol. The average Bonchev–Trinajstić information content (AvgIpc) is 2.45. The normalized spacial score (nSPS) is 13.7. The number of carboxylic acid groups (broad SMARTS) is 1. The maximum atomic E-state index is 11.8. The van der Waals surface area contributed by atoms with Gasteiger partial charge in [-0.1, -0.05) is 0 Å². The number of hydrogen-bond donors (Lipinski definition) is 2. The number of aryl methyl sites for hydroxylation is 2. The van der Waals surface area contributed by atoms with E-state index in [4.69, 9.17) is 5.11 Å². The second-order valence-electron chi connectivity index (χ2n) is 3.51. The van der Waals surface area contributed by atoms with E-state index in [1.807, 2.05) is 0 Å². The highest BCUT2D eigenvalue weighted by atomic mass is 32.2. The van der Waals surface area contributed by atoms with E-state index in [-0.39, 0.29) is 4.21 Å². The second-order valence-corrected chi connectivity index (χ2v) is 6.67. The molecule has 0 aliphatic heterocycles. The molecule has 0 bridgehead atoms. The Morgan fingerprint density at radius 3 is 2.44 bits per heavy atom. The molecule has 7 heteroatoms. The highest BCUT2D eigenvalue weighted by Gasteiger charge is 2.24. The summed E-state index contributed by atoms with van der Waals surface area (Å²) >= 11 is 1.13. The van der Waals surface area contributed by atoms with Crippen molar-refractivity contribution >= 4 is 27.3 Å². The number of hydrogen-bond acceptors (Lipinski definition) is 4. The molecule has 0 fully saturated rings. The zero-order valence-electron chi connectivity index (χ0n) is 9.14. The minimum absolute atomic E-state index is 0.179. The third kappa shape index (κ3) is 2.81. The molecule has 0 saturated carbocycles. The first-order valence-corrected chi connectivity index (χ1v) is 6.86. The molecular weight excluding hydrogens is 250 g/mol. The van der Waals surface area contributed by atoms with E-state index in [0.717, 1.165) is 16.2 Å². The minimum Gasteiger partial charge on any atom is -0.480 e. The van der Waals surface area contributed by atoms with Crippen molar-refractivity contribution in [2.24, 2.45) is 0 Å². The van der Waals surface area contributed by atoms with Crippen LogP contribution in [-0.4, -0.2) is 25.5 Å². The van der Waals surface area contributed by atoms with Crippen molar-refractivity contribution in [1.82, 2.24) is 4.72 Å². The Kier molecular flexibility index (Phi) is 3.72. The van der Waals surface area contributed by atoms with Gasteiger partial charge in [0.1, 0.15) is 10.3 Å². The SMILES string of the molecule is Cc1cc(C)c(S(=O)(=O)NC(C)C(=O)O)s1. The molecule has 1 aromatic heterocycles. The zero-order valence-corrected chi connectivity index (χ0v) is 10.8. The number of aliphatic carboxylic acids is 1. The lowest BCUT2D eigenvalue weighted by atomic mass is 10.4. The molecule has 5 nitrogen and oxygen atoms in total. The van der Waals surface area contributed by atoms with Gasteiger partial charge in [0.05, 0.1) is 0 Å². The van der Waals surface area contributed by atoms with Gasteiger partial charge in [-0.15, -0.1) is 11.3 Å². The van der Waals surface area contributed by atoms with Crippen molar-refractivity contribution < 1.29 is 18.3 Å². The second kappa shape index (κ2) is 4.52. The van der Waals surface area contributed by atoms with Gasteiger partial charge in [0.15, 0.2) is 0 Å². The van der Waals surface area contributed by atoms with Gasteiger partial charge < -0.3 is 5.11 Å². The van der Waals surface area contributed by atoms with E-state index >= 15 is 0 Å². The summed E-state index contributed by atoms with van der Waals surface area (Å²) < 4.78 is 25.9. The van der Waals surface area contributed by atoms with E-state index < -0.39 is 22.0 Å². The van der Waals surface area contributed by atoms with Crippen molar-refractivity contribution in [3.05, 3.63) is 16.5 Å². The van der Waals surface area contributed by atoms with Crippen LogP contribution in [0, 0.1) is 13.8 Å². The first-order chi connectivity index (χ1) is 7.24. The quantitative estimate of drug-likeness (QED) is 0.852. The van der Waals surface area contributed by atoms with E-state index in [1.54, 1.807) is 19.9 Å². The molecule has 0 aliphatic rings. The Balaban J connectivity index is 3.03. The van der Waals surface area contributed by atoms with Gasteiger partial charge in [-0.25, -0.2) is 8.42 Å². The van der Waals surface area contributed by atoms with Crippen LogP contribution in [0.15, 0.2) is 10.3 Å². The molecule has 0 spiro atoms. The number of carboxylic acids is 1. The molecule has 90 valence electrons. The number of carbonyl (C=O) groups is 1. The van der Waals surface area contributed by atoms with Gasteiger partial charge in [0, 0.05) is 4.88 Å². The molecule has 1 heterocycles. The zero-order chi connectivity index (χ0) is 12.5. The summed E-state index contributed by atoms with van der Waals surface area (Å²) in [6.45, 7) is 4.77. The first-order valence-electron chi connectivity index (χ1n) is 4.56. The van der Waals surface area contributed by atoms with Gasteiger partial charge in [0.2, 0.25) is 0 Å². The maximum Gasteiger partial charge on any atom is 0.321 e. The van der Waals surface area contributed by atoms with Crippen LogP contribution >= 0.6 is 11.3 Å². The third-order valence-corrected chi connectivity index (χ3v) is 5.27. The van der Waals surface area contributed by atoms with Gasteiger partial charge in [-0.2, -0.15) is 4.72 Å².